The highest BCUT2D eigenvalue weighted by atomic mass is 35.5. The number of halogens is 1. The molecule has 1 amide bonds. The molecule has 6 heteroatoms. The Labute approximate surface area is 128 Å². The van der Waals surface area contributed by atoms with Gasteiger partial charge in [-0.05, 0) is 31.5 Å². The lowest BCUT2D eigenvalue weighted by atomic mass is 10.1. The van der Waals surface area contributed by atoms with E-state index in [1.165, 1.54) is 0 Å². The second-order valence-corrected chi connectivity index (χ2v) is 5.24. The fraction of sp³-hybridized carbons (Fsp3) is 0.333. The molecule has 1 atom stereocenters. The van der Waals surface area contributed by atoms with Gasteiger partial charge >= 0.3 is 0 Å². The van der Waals surface area contributed by atoms with Crippen LogP contribution in [0.4, 0.5) is 0 Å². The second kappa shape index (κ2) is 6.74. The summed E-state index contributed by atoms with van der Waals surface area (Å²) < 4.78 is 1.71. The van der Waals surface area contributed by atoms with Crippen LogP contribution < -0.4 is 5.32 Å². The van der Waals surface area contributed by atoms with E-state index in [4.69, 9.17) is 16.7 Å². The van der Waals surface area contributed by atoms with Gasteiger partial charge in [0.1, 0.15) is 0 Å². The minimum atomic E-state index is -0.295. The van der Waals surface area contributed by atoms with Crippen LogP contribution in [0.25, 0.3) is 5.69 Å². The number of carbonyl (C=O) groups excluding carboxylic acids is 1. The van der Waals surface area contributed by atoms with Gasteiger partial charge in [0.05, 0.1) is 29.7 Å². The first-order valence-electron chi connectivity index (χ1n) is 6.81. The maximum absolute atomic E-state index is 12.2. The van der Waals surface area contributed by atoms with Crippen molar-refractivity contribution in [2.45, 2.75) is 26.3 Å². The molecule has 0 bridgehead atoms. The van der Waals surface area contributed by atoms with Gasteiger partial charge in [0.15, 0.2) is 0 Å². The molecular weight excluding hydrogens is 290 g/mol. The zero-order chi connectivity index (χ0) is 15.4. The predicted octanol–water partition coefficient (Wildman–Crippen LogP) is 2.20. The Bertz CT molecular complexity index is 640. The van der Waals surface area contributed by atoms with Gasteiger partial charge in [-0.25, -0.2) is 4.68 Å². The van der Waals surface area contributed by atoms with Gasteiger partial charge in [0, 0.05) is 11.1 Å². The molecule has 1 aromatic heterocycles. The topological polar surface area (TPSA) is 67.2 Å². The average molecular weight is 308 g/mol. The Morgan fingerprint density at radius 2 is 2.29 bits per heavy atom. The number of aliphatic hydroxyl groups excluding tert-OH is 1. The van der Waals surface area contributed by atoms with Crippen molar-refractivity contribution in [3.8, 4) is 5.69 Å². The van der Waals surface area contributed by atoms with Crippen LogP contribution in [0.1, 0.15) is 29.9 Å². The van der Waals surface area contributed by atoms with E-state index in [2.05, 4.69) is 10.4 Å². The summed E-state index contributed by atoms with van der Waals surface area (Å²) in [5.41, 5.74) is 2.13. The molecule has 2 aromatic rings. The Morgan fingerprint density at radius 1 is 1.52 bits per heavy atom. The number of amides is 1. The van der Waals surface area contributed by atoms with Crippen molar-refractivity contribution < 1.29 is 9.90 Å². The SMILES string of the molecule is CCc1c(C(=O)NC(C)CO)cnn1-c1cccc(Cl)c1. The van der Waals surface area contributed by atoms with Crippen LogP contribution in [0.5, 0.6) is 0 Å². The van der Waals surface area contributed by atoms with E-state index >= 15 is 0 Å². The van der Waals surface area contributed by atoms with Gasteiger partial charge in [-0.3, -0.25) is 4.79 Å². The van der Waals surface area contributed by atoms with Crippen molar-refractivity contribution in [1.82, 2.24) is 15.1 Å². The quantitative estimate of drug-likeness (QED) is 0.890. The molecule has 0 saturated heterocycles. The highest BCUT2D eigenvalue weighted by Crippen LogP contribution is 2.19. The Morgan fingerprint density at radius 3 is 2.90 bits per heavy atom. The van der Waals surface area contributed by atoms with Crippen molar-refractivity contribution in [2.75, 3.05) is 6.61 Å². The summed E-state index contributed by atoms with van der Waals surface area (Å²) in [6.45, 7) is 3.60. The number of nitrogens with zero attached hydrogens (tertiary/aromatic N) is 2. The van der Waals surface area contributed by atoms with Crippen LogP contribution in [0.15, 0.2) is 30.5 Å². The monoisotopic (exact) mass is 307 g/mol. The predicted molar refractivity (Wildman–Crippen MR) is 82.0 cm³/mol. The molecule has 1 unspecified atom stereocenters. The number of aromatic nitrogens is 2. The summed E-state index contributed by atoms with van der Waals surface area (Å²) in [7, 11) is 0. The van der Waals surface area contributed by atoms with E-state index in [-0.39, 0.29) is 18.6 Å². The fourth-order valence-corrected chi connectivity index (χ4v) is 2.27. The number of benzene rings is 1. The van der Waals surface area contributed by atoms with Crippen molar-refractivity contribution in [3.05, 3.63) is 46.7 Å². The molecule has 112 valence electrons. The zero-order valence-corrected chi connectivity index (χ0v) is 12.8. The number of hydrogen-bond acceptors (Lipinski definition) is 3. The van der Waals surface area contributed by atoms with Gasteiger partial charge in [0.2, 0.25) is 0 Å². The summed E-state index contributed by atoms with van der Waals surface area (Å²) in [5.74, 6) is -0.235. The molecule has 1 heterocycles. The number of nitrogens with one attached hydrogen (secondary N) is 1. The summed E-state index contributed by atoms with van der Waals surface area (Å²) >= 11 is 6.00. The minimum absolute atomic E-state index is 0.102. The van der Waals surface area contributed by atoms with Crippen LogP contribution in [0, 0.1) is 0 Å². The van der Waals surface area contributed by atoms with Gasteiger partial charge < -0.3 is 10.4 Å². The highest BCUT2D eigenvalue weighted by Gasteiger charge is 2.18. The Balaban J connectivity index is 2.36. The minimum Gasteiger partial charge on any atom is -0.394 e. The summed E-state index contributed by atoms with van der Waals surface area (Å²) in [6.07, 6.45) is 2.20. The van der Waals surface area contributed by atoms with E-state index in [1.54, 1.807) is 29.9 Å². The van der Waals surface area contributed by atoms with E-state index in [0.717, 1.165) is 11.4 Å². The third-order valence-electron chi connectivity index (χ3n) is 3.15. The lowest BCUT2D eigenvalue weighted by Crippen LogP contribution is -2.35. The van der Waals surface area contributed by atoms with Crippen molar-refractivity contribution in [2.24, 2.45) is 0 Å². The number of rotatable bonds is 5. The summed E-state index contributed by atoms with van der Waals surface area (Å²) in [4.78, 5) is 12.2. The normalized spacial score (nSPS) is 12.2. The van der Waals surface area contributed by atoms with Crippen molar-refractivity contribution >= 4 is 17.5 Å². The van der Waals surface area contributed by atoms with Gasteiger partial charge in [-0.2, -0.15) is 5.10 Å². The first kappa shape index (κ1) is 15.5. The first-order valence-corrected chi connectivity index (χ1v) is 7.19. The molecule has 0 aliphatic rings. The third kappa shape index (κ3) is 3.43. The molecule has 5 nitrogen and oxygen atoms in total. The maximum Gasteiger partial charge on any atom is 0.255 e. The molecule has 0 saturated carbocycles. The third-order valence-corrected chi connectivity index (χ3v) is 3.39. The number of hydrogen-bond donors (Lipinski definition) is 2. The van der Waals surface area contributed by atoms with Crippen molar-refractivity contribution in [3.63, 3.8) is 0 Å². The highest BCUT2D eigenvalue weighted by molar-refractivity contribution is 6.30. The molecule has 0 radical (unpaired) electrons. The lowest BCUT2D eigenvalue weighted by Gasteiger charge is -2.11. The van der Waals surface area contributed by atoms with E-state index in [0.29, 0.717) is 17.0 Å². The van der Waals surface area contributed by atoms with E-state index in [1.807, 2.05) is 19.1 Å². The zero-order valence-electron chi connectivity index (χ0n) is 12.0. The molecule has 0 spiro atoms. The molecule has 2 rings (SSSR count). The molecule has 0 aliphatic carbocycles. The Kier molecular flexibility index (Phi) is 4.98. The largest absolute Gasteiger partial charge is 0.394 e. The van der Waals surface area contributed by atoms with E-state index in [9.17, 15) is 4.79 Å². The van der Waals surface area contributed by atoms with Crippen LogP contribution in [0.2, 0.25) is 5.02 Å². The molecule has 2 N–H and O–H groups in total. The van der Waals surface area contributed by atoms with Gasteiger partial charge in [-0.15, -0.1) is 0 Å². The molecule has 1 aromatic carbocycles. The summed E-state index contributed by atoms with van der Waals surface area (Å²) in [5, 5.41) is 16.7. The van der Waals surface area contributed by atoms with Crippen LogP contribution >= 0.6 is 11.6 Å². The Hall–Kier alpha value is -1.85. The van der Waals surface area contributed by atoms with E-state index < -0.39 is 0 Å². The van der Waals surface area contributed by atoms with Crippen LogP contribution in [-0.4, -0.2) is 33.4 Å². The smallest absolute Gasteiger partial charge is 0.255 e. The van der Waals surface area contributed by atoms with Crippen molar-refractivity contribution in [1.29, 1.82) is 0 Å². The molecule has 0 fully saturated rings. The maximum atomic E-state index is 12.2. The summed E-state index contributed by atoms with van der Waals surface area (Å²) in [6, 6.07) is 7.02. The fourth-order valence-electron chi connectivity index (χ4n) is 2.08. The number of carbonyl (C=O) groups is 1. The first-order chi connectivity index (χ1) is 10.1. The standard InChI is InChI=1S/C15H18ClN3O2/c1-3-14-13(15(21)18-10(2)9-20)8-17-19(14)12-6-4-5-11(16)7-12/h4-8,10,20H,3,9H2,1-2H3,(H,18,21). The second-order valence-electron chi connectivity index (χ2n) is 4.81. The van der Waals surface area contributed by atoms with Crippen LogP contribution in [0.3, 0.4) is 0 Å². The lowest BCUT2D eigenvalue weighted by molar-refractivity contribution is 0.0921. The molecular formula is C15H18ClN3O2. The molecule has 21 heavy (non-hydrogen) atoms. The number of aliphatic hydroxyl groups is 1. The average Bonchev–Trinajstić information content (AvgIpc) is 2.90. The van der Waals surface area contributed by atoms with Gasteiger partial charge in [0.25, 0.3) is 5.91 Å². The molecule has 0 aliphatic heterocycles. The van der Waals surface area contributed by atoms with Crippen LogP contribution in [-0.2, 0) is 6.42 Å². The van der Waals surface area contributed by atoms with Gasteiger partial charge in [-0.1, -0.05) is 24.6 Å².